The molecule has 0 aliphatic carbocycles. The summed E-state index contributed by atoms with van der Waals surface area (Å²) in [6.45, 7) is 8.73. The Labute approximate surface area is 108 Å². The SMILES string of the molecule is Cc1c2c(c(C(C)(C)CN)c3c1OCC3)OCC2. The minimum atomic E-state index is -0.0556. The summed E-state index contributed by atoms with van der Waals surface area (Å²) >= 11 is 0. The zero-order valence-electron chi connectivity index (χ0n) is 11.4. The molecule has 2 aliphatic heterocycles. The molecule has 1 aromatic rings. The largest absolute Gasteiger partial charge is 0.493 e. The molecule has 0 aromatic heterocycles. The van der Waals surface area contributed by atoms with Gasteiger partial charge in [-0.1, -0.05) is 13.8 Å². The van der Waals surface area contributed by atoms with Crippen molar-refractivity contribution in [1.29, 1.82) is 0 Å². The van der Waals surface area contributed by atoms with E-state index in [1.165, 1.54) is 22.3 Å². The van der Waals surface area contributed by atoms with Gasteiger partial charge in [0.15, 0.2) is 0 Å². The van der Waals surface area contributed by atoms with Gasteiger partial charge in [0.1, 0.15) is 11.5 Å². The fraction of sp³-hybridized carbons (Fsp3) is 0.600. The van der Waals surface area contributed by atoms with E-state index in [2.05, 4.69) is 20.8 Å². The summed E-state index contributed by atoms with van der Waals surface area (Å²) in [4.78, 5) is 0. The first-order valence-corrected chi connectivity index (χ1v) is 6.70. The lowest BCUT2D eigenvalue weighted by molar-refractivity contribution is 0.344. The molecule has 98 valence electrons. The zero-order valence-corrected chi connectivity index (χ0v) is 11.4. The molecule has 0 saturated heterocycles. The Kier molecular flexibility index (Phi) is 2.56. The molecular formula is C15H21NO2. The molecule has 0 unspecified atom stereocenters. The third-order valence-electron chi connectivity index (χ3n) is 4.25. The van der Waals surface area contributed by atoms with Crippen molar-refractivity contribution in [3.8, 4) is 11.5 Å². The maximum Gasteiger partial charge on any atom is 0.127 e. The molecule has 18 heavy (non-hydrogen) atoms. The minimum Gasteiger partial charge on any atom is -0.493 e. The minimum absolute atomic E-state index is 0.0556. The summed E-state index contributed by atoms with van der Waals surface area (Å²) in [6.07, 6.45) is 1.97. The number of fused-ring (bicyclic) bond motifs is 2. The van der Waals surface area contributed by atoms with Crippen LogP contribution in [0.25, 0.3) is 0 Å². The Morgan fingerprint density at radius 1 is 1.06 bits per heavy atom. The van der Waals surface area contributed by atoms with E-state index in [1.807, 2.05) is 0 Å². The fourth-order valence-corrected chi connectivity index (χ4v) is 3.16. The Balaban J connectivity index is 2.31. The van der Waals surface area contributed by atoms with Crippen molar-refractivity contribution in [2.45, 2.75) is 39.0 Å². The highest BCUT2D eigenvalue weighted by molar-refractivity contribution is 5.63. The first-order chi connectivity index (χ1) is 8.56. The van der Waals surface area contributed by atoms with Crippen molar-refractivity contribution in [1.82, 2.24) is 0 Å². The van der Waals surface area contributed by atoms with Gasteiger partial charge in [-0.05, 0) is 12.5 Å². The molecule has 2 N–H and O–H groups in total. The van der Waals surface area contributed by atoms with E-state index in [4.69, 9.17) is 15.2 Å². The number of hydrogen-bond acceptors (Lipinski definition) is 3. The van der Waals surface area contributed by atoms with Crippen LogP contribution in [0.15, 0.2) is 0 Å². The van der Waals surface area contributed by atoms with Gasteiger partial charge >= 0.3 is 0 Å². The van der Waals surface area contributed by atoms with Crippen LogP contribution in [-0.4, -0.2) is 19.8 Å². The Bertz CT molecular complexity index is 471. The summed E-state index contributed by atoms with van der Waals surface area (Å²) in [5.74, 6) is 2.18. The Morgan fingerprint density at radius 2 is 1.67 bits per heavy atom. The van der Waals surface area contributed by atoms with Crippen molar-refractivity contribution in [3.63, 3.8) is 0 Å². The van der Waals surface area contributed by atoms with Crippen molar-refractivity contribution in [3.05, 3.63) is 22.3 Å². The van der Waals surface area contributed by atoms with E-state index in [0.29, 0.717) is 6.54 Å². The number of benzene rings is 1. The maximum absolute atomic E-state index is 5.97. The van der Waals surface area contributed by atoms with Crippen molar-refractivity contribution < 1.29 is 9.47 Å². The van der Waals surface area contributed by atoms with Crippen molar-refractivity contribution in [2.75, 3.05) is 19.8 Å². The van der Waals surface area contributed by atoms with Crippen LogP contribution in [0.4, 0.5) is 0 Å². The third kappa shape index (κ3) is 1.46. The topological polar surface area (TPSA) is 44.5 Å². The first kappa shape index (κ1) is 11.8. The molecule has 1 aromatic carbocycles. The zero-order chi connectivity index (χ0) is 12.9. The average Bonchev–Trinajstić information content (AvgIpc) is 2.97. The quantitative estimate of drug-likeness (QED) is 0.870. The van der Waals surface area contributed by atoms with Crippen LogP contribution in [0.1, 0.15) is 36.1 Å². The average molecular weight is 247 g/mol. The second-order valence-electron chi connectivity index (χ2n) is 5.90. The number of nitrogens with two attached hydrogens (primary N) is 1. The molecule has 3 rings (SSSR count). The second kappa shape index (κ2) is 3.89. The molecule has 3 nitrogen and oxygen atoms in total. The second-order valence-corrected chi connectivity index (χ2v) is 5.90. The van der Waals surface area contributed by atoms with Crippen molar-refractivity contribution in [2.24, 2.45) is 5.73 Å². The third-order valence-corrected chi connectivity index (χ3v) is 4.25. The van der Waals surface area contributed by atoms with Gasteiger partial charge in [-0.15, -0.1) is 0 Å². The molecule has 2 aliphatic rings. The van der Waals surface area contributed by atoms with E-state index in [1.54, 1.807) is 0 Å². The van der Waals surface area contributed by atoms with E-state index >= 15 is 0 Å². The van der Waals surface area contributed by atoms with Crippen LogP contribution < -0.4 is 15.2 Å². The highest BCUT2D eigenvalue weighted by atomic mass is 16.5. The summed E-state index contributed by atoms with van der Waals surface area (Å²) in [7, 11) is 0. The summed E-state index contributed by atoms with van der Waals surface area (Å²) < 4.78 is 11.8. The molecule has 3 heteroatoms. The van der Waals surface area contributed by atoms with Crippen LogP contribution in [0.2, 0.25) is 0 Å². The molecule has 0 saturated carbocycles. The highest BCUT2D eigenvalue weighted by Gasteiger charge is 2.35. The van der Waals surface area contributed by atoms with Gasteiger partial charge in [0.25, 0.3) is 0 Å². The normalized spacial score (nSPS) is 17.1. The van der Waals surface area contributed by atoms with Gasteiger partial charge in [-0.2, -0.15) is 0 Å². The summed E-state index contributed by atoms with van der Waals surface area (Å²) in [5, 5.41) is 0. The number of rotatable bonds is 2. The van der Waals surface area contributed by atoms with E-state index in [0.717, 1.165) is 37.6 Å². The number of hydrogen-bond donors (Lipinski definition) is 1. The maximum atomic E-state index is 5.97. The lowest BCUT2D eigenvalue weighted by Crippen LogP contribution is -2.30. The molecule has 0 atom stereocenters. The van der Waals surface area contributed by atoms with Crippen molar-refractivity contribution >= 4 is 0 Å². The molecule has 2 heterocycles. The molecule has 0 fully saturated rings. The van der Waals surface area contributed by atoms with E-state index < -0.39 is 0 Å². The number of ether oxygens (including phenoxy) is 2. The Morgan fingerprint density at radius 3 is 2.33 bits per heavy atom. The monoisotopic (exact) mass is 247 g/mol. The van der Waals surface area contributed by atoms with Gasteiger partial charge in [0.05, 0.1) is 13.2 Å². The molecule has 0 amide bonds. The summed E-state index contributed by atoms with van der Waals surface area (Å²) in [5.41, 5.74) is 11.1. The summed E-state index contributed by atoms with van der Waals surface area (Å²) in [6, 6.07) is 0. The van der Waals surface area contributed by atoms with E-state index in [-0.39, 0.29) is 5.41 Å². The lowest BCUT2D eigenvalue weighted by atomic mass is 9.78. The van der Waals surface area contributed by atoms with Crippen LogP contribution >= 0.6 is 0 Å². The molecular weight excluding hydrogens is 226 g/mol. The fourth-order valence-electron chi connectivity index (χ4n) is 3.16. The van der Waals surface area contributed by atoms with Gasteiger partial charge in [-0.3, -0.25) is 0 Å². The van der Waals surface area contributed by atoms with Gasteiger partial charge in [-0.25, -0.2) is 0 Å². The van der Waals surface area contributed by atoms with Crippen LogP contribution in [0.5, 0.6) is 11.5 Å². The van der Waals surface area contributed by atoms with Gasteiger partial charge in [0.2, 0.25) is 0 Å². The molecule has 0 bridgehead atoms. The van der Waals surface area contributed by atoms with Crippen LogP contribution in [0.3, 0.4) is 0 Å². The van der Waals surface area contributed by atoms with Gasteiger partial charge in [0, 0.05) is 41.5 Å². The Hall–Kier alpha value is -1.22. The van der Waals surface area contributed by atoms with E-state index in [9.17, 15) is 0 Å². The molecule has 0 spiro atoms. The highest BCUT2D eigenvalue weighted by Crippen LogP contribution is 2.48. The standard InChI is InChI=1S/C15H21NO2/c1-9-10-4-6-18-14(10)12(15(2,3)8-16)11-5-7-17-13(9)11/h4-8,16H2,1-3H3. The predicted molar refractivity (Wildman–Crippen MR) is 71.7 cm³/mol. The smallest absolute Gasteiger partial charge is 0.127 e. The molecule has 0 radical (unpaired) electrons. The van der Waals surface area contributed by atoms with Crippen LogP contribution in [0, 0.1) is 6.92 Å². The first-order valence-electron chi connectivity index (χ1n) is 6.70. The van der Waals surface area contributed by atoms with Crippen LogP contribution in [-0.2, 0) is 18.3 Å². The lowest BCUT2D eigenvalue weighted by Gasteiger charge is -2.28. The predicted octanol–water partition coefficient (Wildman–Crippen LogP) is 2.10. The van der Waals surface area contributed by atoms with Gasteiger partial charge < -0.3 is 15.2 Å².